The van der Waals surface area contributed by atoms with Gasteiger partial charge in [0.15, 0.2) is 0 Å². The fraction of sp³-hybridized carbons (Fsp3) is 0.611. The summed E-state index contributed by atoms with van der Waals surface area (Å²) in [5.74, 6) is 0.456. The number of phenolic OH excluding ortho intramolecular Hbond substituents is 1. The Morgan fingerprint density at radius 2 is 2.08 bits per heavy atom. The Bertz CT molecular complexity index is 548. The zero-order valence-corrected chi connectivity index (χ0v) is 14.8. The van der Waals surface area contributed by atoms with Gasteiger partial charge in [-0.1, -0.05) is 6.42 Å². The van der Waals surface area contributed by atoms with Crippen LogP contribution in [0.5, 0.6) is 11.5 Å². The SMILES string of the molecule is COCCOc1cc(O)cc(C(=O)N2CCCCC(N(C)C)C2)c1. The highest BCUT2D eigenvalue weighted by atomic mass is 16.5. The molecule has 24 heavy (non-hydrogen) atoms. The van der Waals surface area contributed by atoms with Crippen molar-refractivity contribution in [1.82, 2.24) is 9.80 Å². The number of likely N-dealkylation sites (N-methyl/N-ethyl adjacent to an activating group) is 1. The summed E-state index contributed by atoms with van der Waals surface area (Å²) in [7, 11) is 5.70. The smallest absolute Gasteiger partial charge is 0.254 e. The third kappa shape index (κ3) is 5.11. The predicted molar refractivity (Wildman–Crippen MR) is 92.7 cm³/mol. The Labute approximate surface area is 144 Å². The van der Waals surface area contributed by atoms with Gasteiger partial charge in [-0.05, 0) is 39.1 Å². The zero-order valence-electron chi connectivity index (χ0n) is 14.8. The standard InChI is InChI=1S/C18H28N2O4/c1-19(2)15-6-4-5-7-20(13-15)18(22)14-10-16(21)12-17(11-14)24-9-8-23-3/h10-12,15,21H,4-9,13H2,1-3H3. The molecule has 1 N–H and O–H groups in total. The first-order chi connectivity index (χ1) is 11.5. The first-order valence-corrected chi connectivity index (χ1v) is 8.42. The second-order valence-electron chi connectivity index (χ2n) is 6.42. The van der Waals surface area contributed by atoms with Gasteiger partial charge in [-0.2, -0.15) is 0 Å². The molecule has 1 aliphatic heterocycles. The number of hydrogen-bond donors (Lipinski definition) is 1. The lowest BCUT2D eigenvalue weighted by Gasteiger charge is -2.28. The molecule has 1 aliphatic rings. The summed E-state index contributed by atoms with van der Waals surface area (Å²) < 4.78 is 10.5. The second kappa shape index (κ2) is 8.89. The van der Waals surface area contributed by atoms with E-state index in [1.807, 2.05) is 4.90 Å². The summed E-state index contributed by atoms with van der Waals surface area (Å²) in [4.78, 5) is 16.9. The number of nitrogens with zero attached hydrogens (tertiary/aromatic N) is 2. The van der Waals surface area contributed by atoms with E-state index in [1.54, 1.807) is 13.2 Å². The van der Waals surface area contributed by atoms with E-state index in [4.69, 9.17) is 9.47 Å². The van der Waals surface area contributed by atoms with E-state index in [0.29, 0.717) is 37.1 Å². The van der Waals surface area contributed by atoms with E-state index in [2.05, 4.69) is 19.0 Å². The minimum atomic E-state index is -0.0590. The van der Waals surface area contributed by atoms with Crippen LogP contribution in [0.3, 0.4) is 0 Å². The van der Waals surface area contributed by atoms with E-state index in [1.165, 1.54) is 12.1 Å². The van der Waals surface area contributed by atoms with Crippen molar-refractivity contribution in [3.8, 4) is 11.5 Å². The Morgan fingerprint density at radius 3 is 2.79 bits per heavy atom. The van der Waals surface area contributed by atoms with E-state index in [-0.39, 0.29) is 11.7 Å². The highest BCUT2D eigenvalue weighted by Gasteiger charge is 2.24. The fourth-order valence-corrected chi connectivity index (χ4v) is 2.94. The molecule has 0 spiro atoms. The maximum atomic E-state index is 12.9. The van der Waals surface area contributed by atoms with Crippen LogP contribution >= 0.6 is 0 Å². The summed E-state index contributed by atoms with van der Waals surface area (Å²) in [5.41, 5.74) is 0.460. The van der Waals surface area contributed by atoms with Crippen LogP contribution < -0.4 is 4.74 Å². The fourth-order valence-electron chi connectivity index (χ4n) is 2.94. The van der Waals surface area contributed by atoms with Gasteiger partial charge in [0, 0.05) is 37.9 Å². The van der Waals surface area contributed by atoms with Gasteiger partial charge in [0.1, 0.15) is 18.1 Å². The number of aromatic hydroxyl groups is 1. The molecular formula is C18H28N2O4. The molecule has 0 aliphatic carbocycles. The Balaban J connectivity index is 2.12. The number of carbonyl (C=O) groups excluding carboxylic acids is 1. The third-order valence-corrected chi connectivity index (χ3v) is 4.36. The monoisotopic (exact) mass is 336 g/mol. The maximum Gasteiger partial charge on any atom is 0.254 e. The Morgan fingerprint density at radius 1 is 1.29 bits per heavy atom. The first-order valence-electron chi connectivity index (χ1n) is 8.42. The highest BCUT2D eigenvalue weighted by molar-refractivity contribution is 5.95. The molecule has 1 fully saturated rings. The quantitative estimate of drug-likeness (QED) is 0.805. The van der Waals surface area contributed by atoms with Gasteiger partial charge in [0.05, 0.1) is 6.61 Å². The molecule has 1 aromatic rings. The van der Waals surface area contributed by atoms with Crippen LogP contribution in [0.2, 0.25) is 0 Å². The number of phenols is 1. The van der Waals surface area contributed by atoms with Crippen molar-refractivity contribution in [2.75, 3.05) is 47.5 Å². The first kappa shape index (κ1) is 18.5. The lowest BCUT2D eigenvalue weighted by atomic mass is 10.1. The van der Waals surface area contributed by atoms with Crippen LogP contribution in [-0.4, -0.2) is 74.4 Å². The van der Waals surface area contributed by atoms with Crippen LogP contribution in [0.1, 0.15) is 29.6 Å². The summed E-state index contributed by atoms with van der Waals surface area (Å²) in [6, 6.07) is 5.07. The van der Waals surface area contributed by atoms with Crippen LogP contribution in [0, 0.1) is 0 Å². The molecule has 1 saturated heterocycles. The third-order valence-electron chi connectivity index (χ3n) is 4.36. The van der Waals surface area contributed by atoms with Crippen molar-refractivity contribution in [3.63, 3.8) is 0 Å². The molecule has 6 nitrogen and oxygen atoms in total. The molecule has 0 bridgehead atoms. The number of carbonyl (C=O) groups is 1. The van der Waals surface area contributed by atoms with Crippen molar-refractivity contribution in [3.05, 3.63) is 23.8 Å². The minimum Gasteiger partial charge on any atom is -0.508 e. The van der Waals surface area contributed by atoms with Crippen molar-refractivity contribution >= 4 is 5.91 Å². The van der Waals surface area contributed by atoms with Crippen molar-refractivity contribution in [2.45, 2.75) is 25.3 Å². The Kier molecular flexibility index (Phi) is 6.87. The molecule has 0 saturated carbocycles. The largest absolute Gasteiger partial charge is 0.508 e. The van der Waals surface area contributed by atoms with Crippen molar-refractivity contribution in [1.29, 1.82) is 0 Å². The molecule has 1 atom stereocenters. The number of likely N-dealkylation sites (tertiary alicyclic amines) is 1. The lowest BCUT2D eigenvalue weighted by Crippen LogP contribution is -2.41. The topological polar surface area (TPSA) is 62.2 Å². The molecule has 1 unspecified atom stereocenters. The zero-order chi connectivity index (χ0) is 17.5. The molecule has 0 radical (unpaired) electrons. The van der Waals surface area contributed by atoms with Gasteiger partial charge in [-0.3, -0.25) is 4.79 Å². The van der Waals surface area contributed by atoms with Crippen molar-refractivity contribution < 1.29 is 19.4 Å². The van der Waals surface area contributed by atoms with E-state index in [0.717, 1.165) is 25.8 Å². The number of ether oxygens (including phenoxy) is 2. The molecule has 6 heteroatoms. The average Bonchev–Trinajstić information content (AvgIpc) is 2.80. The summed E-state index contributed by atoms with van der Waals surface area (Å²) >= 11 is 0. The van der Waals surface area contributed by atoms with E-state index in [9.17, 15) is 9.90 Å². The van der Waals surface area contributed by atoms with E-state index >= 15 is 0 Å². The van der Waals surface area contributed by atoms with Gasteiger partial charge in [-0.25, -0.2) is 0 Å². The van der Waals surface area contributed by atoms with Crippen LogP contribution in [-0.2, 0) is 4.74 Å². The number of rotatable bonds is 6. The lowest BCUT2D eigenvalue weighted by molar-refractivity contribution is 0.0724. The molecule has 2 rings (SSSR count). The summed E-state index contributed by atoms with van der Waals surface area (Å²) in [5, 5.41) is 9.90. The number of hydrogen-bond acceptors (Lipinski definition) is 5. The van der Waals surface area contributed by atoms with Gasteiger partial charge < -0.3 is 24.4 Å². The van der Waals surface area contributed by atoms with Crippen molar-refractivity contribution in [2.24, 2.45) is 0 Å². The average molecular weight is 336 g/mol. The maximum absolute atomic E-state index is 12.9. The molecule has 1 amide bonds. The predicted octanol–water partition coefficient (Wildman–Crippen LogP) is 1.97. The van der Waals surface area contributed by atoms with Gasteiger partial charge in [-0.15, -0.1) is 0 Å². The summed E-state index contributed by atoms with van der Waals surface area (Å²) in [6.45, 7) is 2.29. The second-order valence-corrected chi connectivity index (χ2v) is 6.42. The Hall–Kier alpha value is -1.79. The summed E-state index contributed by atoms with van der Waals surface area (Å²) in [6.07, 6.45) is 3.23. The minimum absolute atomic E-state index is 0.0345. The van der Waals surface area contributed by atoms with Crippen LogP contribution in [0.25, 0.3) is 0 Å². The number of benzene rings is 1. The molecule has 134 valence electrons. The molecule has 1 aromatic carbocycles. The van der Waals surface area contributed by atoms with E-state index < -0.39 is 0 Å². The molecule has 1 heterocycles. The van der Waals surface area contributed by atoms with Gasteiger partial charge in [0.2, 0.25) is 0 Å². The van der Waals surface area contributed by atoms with Crippen LogP contribution in [0.15, 0.2) is 18.2 Å². The van der Waals surface area contributed by atoms with Crippen LogP contribution in [0.4, 0.5) is 0 Å². The highest BCUT2D eigenvalue weighted by Crippen LogP contribution is 2.24. The van der Waals surface area contributed by atoms with Gasteiger partial charge >= 0.3 is 0 Å². The number of amides is 1. The molecule has 0 aromatic heterocycles. The molecular weight excluding hydrogens is 308 g/mol. The normalized spacial score (nSPS) is 18.5. The van der Waals surface area contributed by atoms with Gasteiger partial charge in [0.25, 0.3) is 5.91 Å². The number of methoxy groups -OCH3 is 1.